The van der Waals surface area contributed by atoms with Crippen LogP contribution in [0.3, 0.4) is 0 Å². The van der Waals surface area contributed by atoms with E-state index in [9.17, 15) is 9.59 Å². The topological polar surface area (TPSA) is 76.7 Å². The van der Waals surface area contributed by atoms with Gasteiger partial charge in [-0.1, -0.05) is 52.0 Å². The number of ether oxygens (including phenoxy) is 2. The minimum Gasteiger partial charge on any atom is -0.483 e. The van der Waals surface area contributed by atoms with E-state index in [1.54, 1.807) is 6.92 Å². The third kappa shape index (κ3) is 6.79. The SMILES string of the molecule is Cc1ccc(C(C)C)c(OCC(=O)NNC(=O)[C@H](C)Oc2ccc(C(C)C)cc2)c1. The lowest BCUT2D eigenvalue weighted by Gasteiger charge is -2.17. The van der Waals surface area contributed by atoms with Crippen molar-refractivity contribution in [1.82, 2.24) is 10.9 Å². The molecule has 0 aliphatic rings. The van der Waals surface area contributed by atoms with E-state index in [1.807, 2.05) is 49.4 Å². The highest BCUT2D eigenvalue weighted by Crippen LogP contribution is 2.27. The first-order chi connectivity index (χ1) is 14.2. The number of amides is 2. The van der Waals surface area contributed by atoms with Crippen molar-refractivity contribution < 1.29 is 19.1 Å². The molecule has 162 valence electrons. The van der Waals surface area contributed by atoms with E-state index in [0.29, 0.717) is 17.4 Å². The van der Waals surface area contributed by atoms with Crippen LogP contribution in [-0.4, -0.2) is 24.5 Å². The van der Waals surface area contributed by atoms with Gasteiger partial charge in [-0.3, -0.25) is 20.4 Å². The second-order valence-corrected chi connectivity index (χ2v) is 8.01. The third-order valence-electron chi connectivity index (χ3n) is 4.70. The maximum Gasteiger partial charge on any atom is 0.279 e. The summed E-state index contributed by atoms with van der Waals surface area (Å²) >= 11 is 0. The number of rotatable bonds is 8. The molecule has 2 amide bonds. The van der Waals surface area contributed by atoms with Gasteiger partial charge >= 0.3 is 0 Å². The first-order valence-electron chi connectivity index (χ1n) is 10.3. The molecule has 30 heavy (non-hydrogen) atoms. The van der Waals surface area contributed by atoms with Crippen LogP contribution in [0.15, 0.2) is 42.5 Å². The fraction of sp³-hybridized carbons (Fsp3) is 0.417. The standard InChI is InChI=1S/C24H32N2O4/c1-15(2)19-8-10-20(11-9-19)30-18(6)24(28)26-25-23(27)14-29-22-13-17(5)7-12-21(22)16(3)4/h7-13,15-16,18H,14H2,1-6H3,(H,25,27)(H,26,28)/t18-/m0/s1. The summed E-state index contributed by atoms with van der Waals surface area (Å²) in [7, 11) is 0. The second-order valence-electron chi connectivity index (χ2n) is 8.01. The quantitative estimate of drug-likeness (QED) is 0.636. The molecule has 0 aromatic heterocycles. The molecule has 0 saturated carbocycles. The smallest absolute Gasteiger partial charge is 0.279 e. The van der Waals surface area contributed by atoms with Crippen LogP contribution < -0.4 is 20.3 Å². The summed E-state index contributed by atoms with van der Waals surface area (Å²) in [6.45, 7) is 11.7. The van der Waals surface area contributed by atoms with Gasteiger partial charge in [0.1, 0.15) is 11.5 Å². The molecule has 0 spiro atoms. The predicted octanol–water partition coefficient (Wildman–Crippen LogP) is 4.24. The van der Waals surface area contributed by atoms with Crippen LogP contribution in [0.2, 0.25) is 0 Å². The number of carbonyl (C=O) groups excluding carboxylic acids is 2. The van der Waals surface area contributed by atoms with Crippen LogP contribution in [0.1, 0.15) is 63.1 Å². The number of carbonyl (C=O) groups is 2. The molecule has 6 nitrogen and oxygen atoms in total. The predicted molar refractivity (Wildman–Crippen MR) is 118 cm³/mol. The third-order valence-corrected chi connectivity index (χ3v) is 4.70. The first-order valence-corrected chi connectivity index (χ1v) is 10.3. The Kier molecular flexibility index (Phi) is 8.27. The van der Waals surface area contributed by atoms with Gasteiger partial charge in [0.2, 0.25) is 0 Å². The van der Waals surface area contributed by atoms with Gasteiger partial charge in [-0.2, -0.15) is 0 Å². The highest BCUT2D eigenvalue weighted by Gasteiger charge is 2.16. The molecule has 2 aromatic carbocycles. The molecular formula is C24H32N2O4. The van der Waals surface area contributed by atoms with Crippen LogP contribution in [0.5, 0.6) is 11.5 Å². The van der Waals surface area contributed by atoms with Gasteiger partial charge in [0.25, 0.3) is 11.8 Å². The van der Waals surface area contributed by atoms with E-state index in [2.05, 4.69) is 38.5 Å². The van der Waals surface area contributed by atoms with E-state index in [0.717, 1.165) is 11.1 Å². The molecule has 2 rings (SSSR count). The maximum atomic E-state index is 12.2. The molecule has 2 aromatic rings. The molecule has 0 unspecified atom stereocenters. The molecular weight excluding hydrogens is 380 g/mol. The Balaban J connectivity index is 1.81. The summed E-state index contributed by atoms with van der Waals surface area (Å²) in [5.41, 5.74) is 8.01. The zero-order valence-corrected chi connectivity index (χ0v) is 18.6. The molecule has 0 aliphatic heterocycles. The Morgan fingerprint density at radius 2 is 1.57 bits per heavy atom. The lowest BCUT2D eigenvalue weighted by molar-refractivity contribution is -0.133. The monoisotopic (exact) mass is 412 g/mol. The van der Waals surface area contributed by atoms with Crippen molar-refractivity contribution >= 4 is 11.8 Å². The van der Waals surface area contributed by atoms with Crippen molar-refractivity contribution in [3.8, 4) is 11.5 Å². The Morgan fingerprint density at radius 3 is 2.17 bits per heavy atom. The summed E-state index contributed by atoms with van der Waals surface area (Å²) in [6, 6.07) is 13.5. The normalized spacial score (nSPS) is 11.9. The number of aryl methyl sites for hydroxylation is 1. The highest BCUT2D eigenvalue weighted by atomic mass is 16.5. The molecule has 0 fully saturated rings. The average molecular weight is 413 g/mol. The van der Waals surface area contributed by atoms with E-state index in [4.69, 9.17) is 9.47 Å². The van der Waals surface area contributed by atoms with Crippen LogP contribution in [0.4, 0.5) is 0 Å². The Morgan fingerprint density at radius 1 is 0.900 bits per heavy atom. The van der Waals surface area contributed by atoms with Crippen molar-refractivity contribution in [3.05, 3.63) is 59.2 Å². The van der Waals surface area contributed by atoms with Crippen LogP contribution >= 0.6 is 0 Å². The van der Waals surface area contributed by atoms with Gasteiger partial charge in [-0.05, 0) is 60.6 Å². The molecule has 0 bridgehead atoms. The van der Waals surface area contributed by atoms with Crippen molar-refractivity contribution in [2.75, 3.05) is 6.61 Å². The van der Waals surface area contributed by atoms with Crippen molar-refractivity contribution in [2.45, 2.75) is 59.5 Å². The van der Waals surface area contributed by atoms with Gasteiger partial charge in [0.05, 0.1) is 0 Å². The van der Waals surface area contributed by atoms with Gasteiger partial charge in [-0.15, -0.1) is 0 Å². The largest absolute Gasteiger partial charge is 0.483 e. The molecule has 0 aliphatic carbocycles. The maximum absolute atomic E-state index is 12.2. The summed E-state index contributed by atoms with van der Waals surface area (Å²) in [5.74, 6) is 1.07. The van der Waals surface area contributed by atoms with Gasteiger partial charge in [0, 0.05) is 0 Å². The minimum absolute atomic E-state index is 0.199. The molecule has 0 saturated heterocycles. The average Bonchev–Trinajstić information content (AvgIpc) is 2.70. The molecule has 0 heterocycles. The number of hydrogen-bond donors (Lipinski definition) is 2. The van der Waals surface area contributed by atoms with E-state index < -0.39 is 17.9 Å². The Hall–Kier alpha value is -3.02. The van der Waals surface area contributed by atoms with Gasteiger partial charge in [0.15, 0.2) is 12.7 Å². The number of hydrogen-bond acceptors (Lipinski definition) is 4. The van der Waals surface area contributed by atoms with Crippen LogP contribution in [0, 0.1) is 6.92 Å². The Labute approximate surface area is 178 Å². The summed E-state index contributed by atoms with van der Waals surface area (Å²) in [5, 5.41) is 0. The van der Waals surface area contributed by atoms with E-state index in [1.165, 1.54) is 5.56 Å². The highest BCUT2D eigenvalue weighted by molar-refractivity contribution is 5.85. The second kappa shape index (κ2) is 10.7. The number of nitrogens with one attached hydrogen (secondary N) is 2. The summed E-state index contributed by atoms with van der Waals surface area (Å²) in [6.07, 6.45) is -0.763. The van der Waals surface area contributed by atoms with Crippen LogP contribution in [-0.2, 0) is 9.59 Å². The minimum atomic E-state index is -0.763. The number of hydrazine groups is 1. The van der Waals surface area contributed by atoms with Crippen molar-refractivity contribution in [1.29, 1.82) is 0 Å². The molecule has 2 N–H and O–H groups in total. The lowest BCUT2D eigenvalue weighted by Crippen LogP contribution is -2.48. The molecule has 0 radical (unpaired) electrons. The molecule has 1 atom stereocenters. The Bertz CT molecular complexity index is 860. The van der Waals surface area contributed by atoms with E-state index in [-0.39, 0.29) is 12.5 Å². The summed E-state index contributed by atoms with van der Waals surface area (Å²) < 4.78 is 11.3. The fourth-order valence-electron chi connectivity index (χ4n) is 2.84. The van der Waals surface area contributed by atoms with E-state index >= 15 is 0 Å². The zero-order valence-electron chi connectivity index (χ0n) is 18.6. The molecule has 6 heteroatoms. The van der Waals surface area contributed by atoms with Gasteiger partial charge in [-0.25, -0.2) is 0 Å². The number of benzene rings is 2. The van der Waals surface area contributed by atoms with Crippen molar-refractivity contribution in [3.63, 3.8) is 0 Å². The van der Waals surface area contributed by atoms with Gasteiger partial charge < -0.3 is 9.47 Å². The first kappa shape index (κ1) is 23.3. The lowest BCUT2D eigenvalue weighted by atomic mass is 10.0. The summed E-state index contributed by atoms with van der Waals surface area (Å²) in [4.78, 5) is 24.3. The zero-order chi connectivity index (χ0) is 22.3. The van der Waals surface area contributed by atoms with Crippen LogP contribution in [0.25, 0.3) is 0 Å². The fourth-order valence-corrected chi connectivity index (χ4v) is 2.84. The van der Waals surface area contributed by atoms with Crippen molar-refractivity contribution in [2.24, 2.45) is 0 Å².